The number of rotatable bonds is 2. The van der Waals surface area contributed by atoms with Gasteiger partial charge in [-0.25, -0.2) is 0 Å². The van der Waals surface area contributed by atoms with Crippen molar-refractivity contribution in [2.45, 2.75) is 19.8 Å². The second-order valence-electron chi connectivity index (χ2n) is 6.02. The number of piperazine rings is 1. The van der Waals surface area contributed by atoms with Crippen LogP contribution < -0.4 is 9.64 Å². The number of anilines is 1. The van der Waals surface area contributed by atoms with Crippen LogP contribution in [-0.4, -0.2) is 49.7 Å². The first-order valence-corrected chi connectivity index (χ1v) is 7.55. The number of nitrogens with zero attached hydrogens (tertiary/aromatic N) is 2. The van der Waals surface area contributed by atoms with E-state index in [1.807, 2.05) is 18.2 Å². The normalized spacial score (nSPS) is 21.1. The number of carbonyl (C=O) groups is 1. The summed E-state index contributed by atoms with van der Waals surface area (Å²) in [5, 5.41) is 0. The van der Waals surface area contributed by atoms with E-state index in [4.69, 9.17) is 4.74 Å². The van der Waals surface area contributed by atoms with Gasteiger partial charge in [-0.3, -0.25) is 4.79 Å². The third-order valence-corrected chi connectivity index (χ3v) is 4.65. The highest BCUT2D eigenvalue weighted by atomic mass is 16.5. The first kappa shape index (κ1) is 13.4. The Kier molecular flexibility index (Phi) is 3.66. The minimum absolute atomic E-state index is 0.262. The van der Waals surface area contributed by atoms with Crippen molar-refractivity contribution in [3.63, 3.8) is 0 Å². The average molecular weight is 275 g/mol. The summed E-state index contributed by atoms with van der Waals surface area (Å²) in [6.45, 7) is 8.86. The molecule has 0 saturated carbocycles. The van der Waals surface area contributed by atoms with Gasteiger partial charge < -0.3 is 14.1 Å². The maximum absolute atomic E-state index is 11.0. The van der Waals surface area contributed by atoms with E-state index in [1.165, 1.54) is 56.1 Å². The van der Waals surface area contributed by atoms with Crippen LogP contribution in [0, 0.1) is 0 Å². The van der Waals surface area contributed by atoms with Crippen LogP contribution in [0.15, 0.2) is 24.3 Å². The highest BCUT2D eigenvalue weighted by Gasteiger charge is 2.35. The monoisotopic (exact) mass is 275 g/mol. The topological polar surface area (TPSA) is 29.5 Å². The van der Waals surface area contributed by atoms with Gasteiger partial charge in [0.1, 0.15) is 5.75 Å². The summed E-state index contributed by atoms with van der Waals surface area (Å²) in [7, 11) is 0. The molecule has 0 aromatic heterocycles. The molecule has 4 heteroatoms. The predicted octanol–water partition coefficient (Wildman–Crippen LogP) is 2.04. The molecular weight excluding hydrogens is 252 g/mol. The first-order valence-electron chi connectivity index (χ1n) is 7.55. The van der Waals surface area contributed by atoms with Crippen LogP contribution in [0.3, 0.4) is 0 Å². The maximum atomic E-state index is 11.0. The van der Waals surface area contributed by atoms with Crippen molar-refractivity contribution in [1.82, 2.24) is 0 Å². The van der Waals surface area contributed by atoms with Crippen molar-refractivity contribution in [2.24, 2.45) is 0 Å². The lowest BCUT2D eigenvalue weighted by Gasteiger charge is -2.42. The van der Waals surface area contributed by atoms with E-state index in [0.29, 0.717) is 5.75 Å². The van der Waals surface area contributed by atoms with Gasteiger partial charge in [0.25, 0.3) is 0 Å². The molecule has 2 aliphatic rings. The zero-order chi connectivity index (χ0) is 14.0. The Morgan fingerprint density at radius 2 is 1.85 bits per heavy atom. The van der Waals surface area contributed by atoms with Crippen molar-refractivity contribution in [3.8, 4) is 5.75 Å². The van der Waals surface area contributed by atoms with Gasteiger partial charge >= 0.3 is 5.97 Å². The van der Waals surface area contributed by atoms with Crippen LogP contribution in [0.25, 0.3) is 0 Å². The molecule has 0 radical (unpaired) electrons. The fourth-order valence-electron chi connectivity index (χ4n) is 3.51. The summed E-state index contributed by atoms with van der Waals surface area (Å²) in [5.41, 5.74) is 1.17. The molecule has 2 fully saturated rings. The molecule has 0 aliphatic carbocycles. The Bertz CT molecular complexity index is 485. The van der Waals surface area contributed by atoms with Crippen molar-refractivity contribution in [2.75, 3.05) is 44.2 Å². The molecule has 108 valence electrons. The van der Waals surface area contributed by atoms with Crippen LogP contribution in [0.1, 0.15) is 19.8 Å². The fraction of sp³-hybridized carbons (Fsp3) is 0.562. The van der Waals surface area contributed by atoms with Gasteiger partial charge in [0.05, 0.1) is 39.3 Å². The summed E-state index contributed by atoms with van der Waals surface area (Å²) in [6.07, 6.45) is 2.78. The van der Waals surface area contributed by atoms with Crippen LogP contribution in [-0.2, 0) is 4.79 Å². The van der Waals surface area contributed by atoms with Crippen molar-refractivity contribution in [1.29, 1.82) is 0 Å². The molecule has 2 saturated heterocycles. The second-order valence-corrected chi connectivity index (χ2v) is 6.02. The van der Waals surface area contributed by atoms with Gasteiger partial charge in [-0.15, -0.1) is 0 Å². The van der Waals surface area contributed by atoms with E-state index >= 15 is 0 Å². The van der Waals surface area contributed by atoms with E-state index in [1.54, 1.807) is 0 Å². The van der Waals surface area contributed by atoms with E-state index < -0.39 is 0 Å². The highest BCUT2D eigenvalue weighted by Crippen LogP contribution is 2.27. The summed E-state index contributed by atoms with van der Waals surface area (Å²) >= 11 is 0. The van der Waals surface area contributed by atoms with Gasteiger partial charge in [0, 0.05) is 31.5 Å². The zero-order valence-electron chi connectivity index (χ0n) is 12.2. The third-order valence-electron chi connectivity index (χ3n) is 4.65. The summed E-state index contributed by atoms with van der Waals surface area (Å²) in [5.74, 6) is 0.382. The molecule has 2 aliphatic heterocycles. The predicted molar refractivity (Wildman–Crippen MR) is 78.9 cm³/mol. The summed E-state index contributed by atoms with van der Waals surface area (Å²) in [4.78, 5) is 13.4. The van der Waals surface area contributed by atoms with Crippen LogP contribution in [0.4, 0.5) is 5.69 Å². The zero-order valence-corrected chi connectivity index (χ0v) is 12.2. The Labute approximate surface area is 120 Å². The molecule has 0 N–H and O–H groups in total. The van der Waals surface area contributed by atoms with Gasteiger partial charge in [-0.2, -0.15) is 0 Å². The lowest BCUT2D eigenvalue weighted by Crippen LogP contribution is -2.58. The van der Waals surface area contributed by atoms with Gasteiger partial charge in [-0.05, 0) is 12.1 Å². The number of carbonyl (C=O) groups excluding carboxylic acids is 1. The molecule has 0 unspecified atom stereocenters. The molecule has 0 amide bonds. The smallest absolute Gasteiger partial charge is 0.308 e. The highest BCUT2D eigenvalue weighted by molar-refractivity contribution is 5.70. The molecule has 1 aromatic carbocycles. The summed E-state index contributed by atoms with van der Waals surface area (Å²) < 4.78 is 6.49. The number of ether oxygens (including phenoxy) is 1. The Hall–Kier alpha value is -1.55. The van der Waals surface area contributed by atoms with Gasteiger partial charge in [0.15, 0.2) is 0 Å². The SMILES string of the molecule is CC(=O)Oc1cccc(N2CC[N+]3(CCCC3)CC2)c1. The largest absolute Gasteiger partial charge is 0.427 e. The maximum Gasteiger partial charge on any atom is 0.308 e. The lowest BCUT2D eigenvalue weighted by atomic mass is 10.2. The lowest BCUT2D eigenvalue weighted by molar-refractivity contribution is -0.917. The Balaban J connectivity index is 1.67. The molecule has 4 nitrogen and oxygen atoms in total. The van der Waals surface area contributed by atoms with Gasteiger partial charge in [0.2, 0.25) is 0 Å². The van der Waals surface area contributed by atoms with Crippen LogP contribution >= 0.6 is 0 Å². The molecule has 20 heavy (non-hydrogen) atoms. The third kappa shape index (κ3) is 2.80. The standard InChI is InChI=1S/C16H23N2O2/c1-14(19)20-16-6-4-5-15(13-16)17-7-11-18(12-8-17)9-2-3-10-18/h4-6,13H,2-3,7-12H2,1H3/q+1. The molecule has 1 spiro atoms. The molecule has 0 atom stereocenters. The number of esters is 1. The minimum atomic E-state index is -0.262. The minimum Gasteiger partial charge on any atom is -0.427 e. The van der Waals surface area contributed by atoms with Crippen molar-refractivity contribution in [3.05, 3.63) is 24.3 Å². The average Bonchev–Trinajstić information content (AvgIpc) is 2.87. The fourth-order valence-corrected chi connectivity index (χ4v) is 3.51. The van der Waals surface area contributed by atoms with E-state index in [0.717, 1.165) is 13.1 Å². The van der Waals surface area contributed by atoms with E-state index in [9.17, 15) is 4.79 Å². The van der Waals surface area contributed by atoms with E-state index in [2.05, 4.69) is 11.0 Å². The van der Waals surface area contributed by atoms with Crippen LogP contribution in [0.5, 0.6) is 5.75 Å². The number of hydrogen-bond donors (Lipinski definition) is 0. The second kappa shape index (κ2) is 5.44. The van der Waals surface area contributed by atoms with Gasteiger partial charge in [-0.1, -0.05) is 6.07 Å². The Morgan fingerprint density at radius 3 is 2.50 bits per heavy atom. The molecule has 0 bridgehead atoms. The number of hydrogen-bond acceptors (Lipinski definition) is 3. The molecule has 1 aromatic rings. The van der Waals surface area contributed by atoms with Crippen molar-refractivity contribution < 1.29 is 14.0 Å². The Morgan fingerprint density at radius 1 is 1.15 bits per heavy atom. The molecule has 3 rings (SSSR count). The summed E-state index contributed by atoms with van der Waals surface area (Å²) in [6, 6.07) is 7.87. The number of benzene rings is 1. The molecular formula is C16H23N2O2+. The van der Waals surface area contributed by atoms with Crippen molar-refractivity contribution >= 4 is 11.7 Å². The van der Waals surface area contributed by atoms with Crippen LogP contribution in [0.2, 0.25) is 0 Å². The van der Waals surface area contributed by atoms with E-state index in [-0.39, 0.29) is 5.97 Å². The molecule has 2 heterocycles. The quantitative estimate of drug-likeness (QED) is 0.470. The number of quaternary nitrogens is 1. The first-order chi connectivity index (χ1) is 9.67.